The number of benzene rings is 2. The fraction of sp³-hybridized carbons (Fsp3) is 0.250. The SMILES string of the molecule is O=C(COC(=O)COc1ccc2c(c1)CCC(=O)N2)NCc1cccc(Cl)c1. The van der Waals surface area contributed by atoms with Crippen molar-refractivity contribution in [1.82, 2.24) is 5.32 Å². The molecule has 0 saturated carbocycles. The summed E-state index contributed by atoms with van der Waals surface area (Å²) in [7, 11) is 0. The molecule has 0 spiro atoms. The molecule has 8 heteroatoms. The minimum atomic E-state index is -0.649. The fourth-order valence-electron chi connectivity index (χ4n) is 2.68. The zero-order chi connectivity index (χ0) is 19.9. The summed E-state index contributed by atoms with van der Waals surface area (Å²) >= 11 is 5.88. The molecule has 7 nitrogen and oxygen atoms in total. The van der Waals surface area contributed by atoms with E-state index in [1.54, 1.807) is 36.4 Å². The molecule has 2 N–H and O–H groups in total. The lowest BCUT2D eigenvalue weighted by Crippen LogP contribution is -2.29. The Hall–Kier alpha value is -3.06. The second-order valence-corrected chi connectivity index (χ2v) is 6.66. The van der Waals surface area contributed by atoms with Crippen LogP contribution < -0.4 is 15.4 Å². The van der Waals surface area contributed by atoms with Gasteiger partial charge in [0.15, 0.2) is 13.2 Å². The first kappa shape index (κ1) is 19.7. The third-order valence-electron chi connectivity index (χ3n) is 4.07. The van der Waals surface area contributed by atoms with E-state index < -0.39 is 11.9 Å². The quantitative estimate of drug-likeness (QED) is 0.694. The Morgan fingerprint density at radius 1 is 1.11 bits per heavy atom. The van der Waals surface area contributed by atoms with Crippen LogP contribution in [0.15, 0.2) is 42.5 Å². The molecule has 2 aromatic carbocycles. The average Bonchev–Trinajstić information content (AvgIpc) is 2.69. The van der Waals surface area contributed by atoms with Crippen LogP contribution in [0, 0.1) is 0 Å². The number of nitrogens with one attached hydrogen (secondary N) is 2. The van der Waals surface area contributed by atoms with Crippen LogP contribution in [0.4, 0.5) is 5.69 Å². The van der Waals surface area contributed by atoms with Gasteiger partial charge in [-0.05, 0) is 47.9 Å². The Morgan fingerprint density at radius 3 is 2.79 bits per heavy atom. The van der Waals surface area contributed by atoms with E-state index in [0.717, 1.165) is 16.8 Å². The normalized spacial score (nSPS) is 12.5. The van der Waals surface area contributed by atoms with Crippen molar-refractivity contribution in [3.05, 3.63) is 58.6 Å². The lowest BCUT2D eigenvalue weighted by atomic mass is 10.0. The highest BCUT2D eigenvalue weighted by molar-refractivity contribution is 6.30. The maximum Gasteiger partial charge on any atom is 0.344 e. The third kappa shape index (κ3) is 5.72. The van der Waals surface area contributed by atoms with Crippen molar-refractivity contribution in [2.45, 2.75) is 19.4 Å². The first-order valence-corrected chi connectivity index (χ1v) is 9.10. The molecule has 0 aromatic heterocycles. The molecular weight excluding hydrogens is 384 g/mol. The summed E-state index contributed by atoms with van der Waals surface area (Å²) in [6.45, 7) is -0.412. The third-order valence-corrected chi connectivity index (χ3v) is 4.31. The Labute approximate surface area is 167 Å². The molecule has 1 heterocycles. The first-order chi connectivity index (χ1) is 13.5. The van der Waals surface area contributed by atoms with Gasteiger partial charge >= 0.3 is 5.97 Å². The van der Waals surface area contributed by atoms with E-state index >= 15 is 0 Å². The second kappa shape index (κ2) is 9.23. The smallest absolute Gasteiger partial charge is 0.344 e. The molecule has 0 bridgehead atoms. The number of carbonyl (C=O) groups excluding carboxylic acids is 3. The van der Waals surface area contributed by atoms with Gasteiger partial charge in [-0.1, -0.05) is 23.7 Å². The van der Waals surface area contributed by atoms with Gasteiger partial charge in [-0.15, -0.1) is 0 Å². The van der Waals surface area contributed by atoms with Gasteiger partial charge in [0.1, 0.15) is 5.75 Å². The molecule has 146 valence electrons. The topological polar surface area (TPSA) is 93.7 Å². The van der Waals surface area contributed by atoms with Crippen molar-refractivity contribution < 1.29 is 23.9 Å². The van der Waals surface area contributed by atoms with Crippen molar-refractivity contribution in [2.24, 2.45) is 0 Å². The van der Waals surface area contributed by atoms with Gasteiger partial charge in [0.25, 0.3) is 5.91 Å². The number of fused-ring (bicyclic) bond motifs is 1. The number of aryl methyl sites for hydroxylation is 1. The van der Waals surface area contributed by atoms with Gasteiger partial charge in [0.05, 0.1) is 0 Å². The molecule has 0 unspecified atom stereocenters. The zero-order valence-electron chi connectivity index (χ0n) is 15.0. The molecule has 0 saturated heterocycles. The lowest BCUT2D eigenvalue weighted by molar-refractivity contribution is -0.150. The largest absolute Gasteiger partial charge is 0.482 e. The summed E-state index contributed by atoms with van der Waals surface area (Å²) < 4.78 is 10.3. The van der Waals surface area contributed by atoms with Crippen molar-refractivity contribution in [3.8, 4) is 5.75 Å². The molecule has 28 heavy (non-hydrogen) atoms. The van der Waals surface area contributed by atoms with Gasteiger partial charge in [-0.2, -0.15) is 0 Å². The van der Waals surface area contributed by atoms with Gasteiger partial charge in [-0.25, -0.2) is 4.79 Å². The first-order valence-electron chi connectivity index (χ1n) is 8.72. The van der Waals surface area contributed by atoms with E-state index in [2.05, 4.69) is 10.6 Å². The van der Waals surface area contributed by atoms with E-state index in [4.69, 9.17) is 21.1 Å². The highest BCUT2D eigenvalue weighted by atomic mass is 35.5. The predicted octanol–water partition coefficient (Wildman–Crippen LogP) is 2.46. The van der Waals surface area contributed by atoms with Gasteiger partial charge in [-0.3, -0.25) is 9.59 Å². The van der Waals surface area contributed by atoms with Crippen molar-refractivity contribution >= 4 is 35.1 Å². The second-order valence-electron chi connectivity index (χ2n) is 6.22. The lowest BCUT2D eigenvalue weighted by Gasteiger charge is -2.17. The highest BCUT2D eigenvalue weighted by Gasteiger charge is 2.15. The summed E-state index contributed by atoms with van der Waals surface area (Å²) in [5, 5.41) is 6.00. The monoisotopic (exact) mass is 402 g/mol. The van der Waals surface area contributed by atoms with Gasteiger partial charge < -0.3 is 20.1 Å². The van der Waals surface area contributed by atoms with Crippen LogP contribution in [0.5, 0.6) is 5.75 Å². The minimum absolute atomic E-state index is 0.0154. The molecule has 0 radical (unpaired) electrons. The van der Waals surface area contributed by atoms with Crippen LogP contribution in [0.3, 0.4) is 0 Å². The summed E-state index contributed by atoms with van der Waals surface area (Å²) in [6, 6.07) is 12.3. The van der Waals surface area contributed by atoms with Crippen LogP contribution in [-0.2, 0) is 32.1 Å². The Kier molecular flexibility index (Phi) is 6.49. The summed E-state index contributed by atoms with van der Waals surface area (Å²) in [6.07, 6.45) is 1.04. The summed E-state index contributed by atoms with van der Waals surface area (Å²) in [4.78, 5) is 34.9. The molecule has 1 aliphatic rings. The van der Waals surface area contributed by atoms with Crippen LogP contribution in [0.25, 0.3) is 0 Å². The van der Waals surface area contributed by atoms with Crippen LogP contribution in [0.1, 0.15) is 17.5 Å². The number of halogens is 1. The number of anilines is 1. The van der Waals surface area contributed by atoms with Crippen LogP contribution >= 0.6 is 11.6 Å². The van der Waals surface area contributed by atoms with E-state index in [9.17, 15) is 14.4 Å². The molecule has 2 amide bonds. The van der Waals surface area contributed by atoms with Crippen LogP contribution in [0.2, 0.25) is 5.02 Å². The Morgan fingerprint density at radius 2 is 1.96 bits per heavy atom. The maximum absolute atomic E-state index is 11.8. The number of carbonyl (C=O) groups is 3. The highest BCUT2D eigenvalue weighted by Crippen LogP contribution is 2.26. The molecule has 2 aromatic rings. The average molecular weight is 403 g/mol. The fourth-order valence-corrected chi connectivity index (χ4v) is 2.89. The molecule has 0 atom stereocenters. The number of hydrogen-bond donors (Lipinski definition) is 2. The van der Waals surface area contributed by atoms with Gasteiger partial charge in [0.2, 0.25) is 5.91 Å². The Balaban J connectivity index is 1.38. The van der Waals surface area contributed by atoms with E-state index in [1.807, 2.05) is 6.07 Å². The Bertz CT molecular complexity index is 900. The van der Waals surface area contributed by atoms with Crippen molar-refractivity contribution in [3.63, 3.8) is 0 Å². The number of esters is 1. The zero-order valence-corrected chi connectivity index (χ0v) is 15.8. The number of amides is 2. The number of rotatable bonds is 7. The predicted molar refractivity (Wildman–Crippen MR) is 103 cm³/mol. The standard InChI is InChI=1S/C20H19ClN2O5/c21-15-3-1-2-13(8-15)10-22-19(25)11-28-20(26)12-27-16-5-6-17-14(9-16)4-7-18(24)23-17/h1-3,5-6,8-9H,4,7,10-12H2,(H,22,25)(H,23,24). The molecule has 0 aliphatic carbocycles. The van der Waals surface area contributed by atoms with Crippen molar-refractivity contribution in [2.75, 3.05) is 18.5 Å². The van der Waals surface area contributed by atoms with E-state index in [-0.39, 0.29) is 19.1 Å². The van der Waals surface area contributed by atoms with E-state index in [1.165, 1.54) is 0 Å². The van der Waals surface area contributed by atoms with Crippen LogP contribution in [-0.4, -0.2) is 31.0 Å². The molecule has 3 rings (SSSR count). The molecular formula is C20H19ClN2O5. The molecule has 1 aliphatic heterocycles. The van der Waals surface area contributed by atoms with Crippen molar-refractivity contribution in [1.29, 1.82) is 0 Å². The number of hydrogen-bond acceptors (Lipinski definition) is 5. The molecule has 0 fully saturated rings. The van der Waals surface area contributed by atoms with E-state index in [0.29, 0.717) is 30.2 Å². The summed E-state index contributed by atoms with van der Waals surface area (Å²) in [5.74, 6) is -0.586. The van der Waals surface area contributed by atoms with Gasteiger partial charge in [0, 0.05) is 23.7 Å². The minimum Gasteiger partial charge on any atom is -0.482 e. The maximum atomic E-state index is 11.8. The number of ether oxygens (including phenoxy) is 2. The summed E-state index contributed by atoms with van der Waals surface area (Å²) in [5.41, 5.74) is 2.55.